The largest absolute Gasteiger partial charge is 0.545 e. The molecule has 0 aliphatic carbocycles. The van der Waals surface area contributed by atoms with E-state index in [1.807, 2.05) is 17.7 Å². The summed E-state index contributed by atoms with van der Waals surface area (Å²) in [6, 6.07) is 3.56. The molecule has 0 radical (unpaired) electrons. The van der Waals surface area contributed by atoms with Crippen molar-refractivity contribution >= 4 is 5.97 Å². The number of pyridine rings is 1. The summed E-state index contributed by atoms with van der Waals surface area (Å²) in [5.74, 6) is -1.11. The number of aromatic carboxylic acids is 1. The van der Waals surface area contributed by atoms with Crippen LogP contribution < -0.4 is 9.67 Å². The number of carbonyl (C=O) groups is 1. The maximum Gasteiger partial charge on any atom is 0.181 e. The summed E-state index contributed by atoms with van der Waals surface area (Å²) in [7, 11) is 1.91. The van der Waals surface area contributed by atoms with E-state index in [2.05, 4.69) is 6.92 Å². The van der Waals surface area contributed by atoms with Crippen molar-refractivity contribution in [2.24, 2.45) is 7.05 Å². The van der Waals surface area contributed by atoms with Gasteiger partial charge in [-0.25, -0.2) is 4.57 Å². The molecule has 3 nitrogen and oxygen atoms in total. The Morgan fingerprint density at radius 1 is 0.808 bits per heavy atom. The van der Waals surface area contributed by atoms with E-state index in [0.717, 1.165) is 6.42 Å². The van der Waals surface area contributed by atoms with E-state index in [-0.39, 0.29) is 5.56 Å². The molecule has 0 atom stereocenters. The summed E-state index contributed by atoms with van der Waals surface area (Å²) in [6.07, 6.45) is 21.8. The van der Waals surface area contributed by atoms with Gasteiger partial charge in [0.05, 0.1) is 11.5 Å². The minimum Gasteiger partial charge on any atom is -0.545 e. The molecule has 0 unspecified atom stereocenters. The lowest BCUT2D eigenvalue weighted by molar-refractivity contribution is -0.679. The van der Waals surface area contributed by atoms with Crippen LogP contribution in [0.4, 0.5) is 0 Å². The first-order valence-corrected chi connectivity index (χ1v) is 10.8. The summed E-state index contributed by atoms with van der Waals surface area (Å²) in [4.78, 5) is 10.8. The van der Waals surface area contributed by atoms with E-state index in [1.165, 1.54) is 95.6 Å². The fraction of sp³-hybridized carbons (Fsp3) is 0.739. The number of hydrogen-bond donors (Lipinski definition) is 0. The van der Waals surface area contributed by atoms with Crippen LogP contribution in [0.1, 0.15) is 113 Å². The van der Waals surface area contributed by atoms with Crippen molar-refractivity contribution in [1.29, 1.82) is 0 Å². The van der Waals surface area contributed by atoms with Crippen LogP contribution in [-0.4, -0.2) is 5.97 Å². The molecule has 0 saturated carbocycles. The van der Waals surface area contributed by atoms with Gasteiger partial charge < -0.3 is 9.90 Å². The third kappa shape index (κ3) is 10.6. The minimum atomic E-state index is -1.11. The summed E-state index contributed by atoms with van der Waals surface area (Å²) >= 11 is 0. The number of nitrogens with zero attached hydrogens (tertiary/aromatic N) is 1. The van der Waals surface area contributed by atoms with Crippen LogP contribution in [0, 0.1) is 0 Å². The normalized spacial score (nSPS) is 11.0. The predicted octanol–water partition coefficient (Wildman–Crippen LogP) is 4.90. The lowest BCUT2D eigenvalue weighted by Crippen LogP contribution is -2.36. The van der Waals surface area contributed by atoms with Crippen molar-refractivity contribution in [2.75, 3.05) is 0 Å². The molecule has 0 N–H and O–H groups in total. The second kappa shape index (κ2) is 14.8. The van der Waals surface area contributed by atoms with Crippen molar-refractivity contribution in [3.8, 4) is 0 Å². The van der Waals surface area contributed by atoms with Crippen LogP contribution in [0.3, 0.4) is 0 Å². The van der Waals surface area contributed by atoms with E-state index in [1.54, 1.807) is 12.3 Å². The molecule has 0 aliphatic rings. The molecule has 1 aromatic rings. The third-order valence-electron chi connectivity index (χ3n) is 5.26. The zero-order valence-electron chi connectivity index (χ0n) is 17.1. The van der Waals surface area contributed by atoms with Crippen LogP contribution in [-0.2, 0) is 13.5 Å². The molecule has 0 bridgehead atoms. The Balaban J connectivity index is 1.93. The van der Waals surface area contributed by atoms with E-state index >= 15 is 0 Å². The Morgan fingerprint density at radius 3 is 1.69 bits per heavy atom. The summed E-state index contributed by atoms with van der Waals surface area (Å²) in [5, 5.41) is 10.8. The van der Waals surface area contributed by atoms with Gasteiger partial charge in [-0.2, -0.15) is 0 Å². The van der Waals surface area contributed by atoms with Gasteiger partial charge in [0.15, 0.2) is 11.9 Å². The zero-order valence-corrected chi connectivity index (χ0v) is 17.1. The highest BCUT2D eigenvalue weighted by molar-refractivity contribution is 5.84. The van der Waals surface area contributed by atoms with E-state index in [4.69, 9.17) is 0 Å². The SMILES string of the molecule is CCCCCCCCCCCCCCCCc1ccc(C(=O)[O-])c[n+]1C. The molecule has 26 heavy (non-hydrogen) atoms. The molecule has 0 aromatic carbocycles. The van der Waals surface area contributed by atoms with Crippen molar-refractivity contribution in [3.05, 3.63) is 29.6 Å². The Morgan fingerprint density at radius 2 is 1.27 bits per heavy atom. The quantitative estimate of drug-likeness (QED) is 0.310. The third-order valence-corrected chi connectivity index (χ3v) is 5.26. The van der Waals surface area contributed by atoms with Crippen LogP contribution in [0.5, 0.6) is 0 Å². The fourth-order valence-electron chi connectivity index (χ4n) is 3.52. The van der Waals surface area contributed by atoms with Crippen molar-refractivity contribution in [1.82, 2.24) is 0 Å². The molecule has 3 heteroatoms. The first-order valence-electron chi connectivity index (χ1n) is 10.8. The number of hydrogen-bond acceptors (Lipinski definition) is 2. The van der Waals surface area contributed by atoms with Crippen LogP contribution in [0.25, 0.3) is 0 Å². The molecule has 0 amide bonds. The average molecular weight is 362 g/mol. The fourth-order valence-corrected chi connectivity index (χ4v) is 3.52. The number of aryl methyl sites for hydroxylation is 2. The number of aromatic nitrogens is 1. The maximum atomic E-state index is 10.8. The van der Waals surface area contributed by atoms with E-state index in [9.17, 15) is 9.90 Å². The van der Waals surface area contributed by atoms with E-state index in [0.29, 0.717) is 0 Å². The Labute approximate surface area is 160 Å². The molecule has 0 fully saturated rings. The lowest BCUT2D eigenvalue weighted by Gasteiger charge is -2.05. The molecule has 0 spiro atoms. The van der Waals surface area contributed by atoms with E-state index < -0.39 is 5.97 Å². The van der Waals surface area contributed by atoms with Gasteiger partial charge in [0, 0.05) is 12.5 Å². The van der Waals surface area contributed by atoms with Crippen LogP contribution >= 0.6 is 0 Å². The Kier molecular flexibility index (Phi) is 12.9. The van der Waals surface area contributed by atoms with Crippen molar-refractivity contribution in [3.63, 3.8) is 0 Å². The second-order valence-corrected chi connectivity index (χ2v) is 7.65. The molecule has 148 valence electrons. The molecule has 1 heterocycles. The van der Waals surface area contributed by atoms with Crippen molar-refractivity contribution < 1.29 is 14.5 Å². The first-order chi connectivity index (χ1) is 12.6. The molecule has 1 aromatic heterocycles. The summed E-state index contributed by atoms with van der Waals surface area (Å²) < 4.78 is 1.91. The standard InChI is InChI=1S/C23H39NO2/c1-3-4-5-6-7-8-9-10-11-12-13-14-15-16-17-22-19-18-21(23(25)26)20-24(22)2/h18-20H,3-17H2,1-2H3. The zero-order chi connectivity index (χ0) is 19.0. The minimum absolute atomic E-state index is 0.247. The highest BCUT2D eigenvalue weighted by atomic mass is 16.4. The van der Waals surface area contributed by atoms with Gasteiger partial charge in [0.2, 0.25) is 0 Å². The van der Waals surface area contributed by atoms with Gasteiger partial charge in [-0.1, -0.05) is 90.4 Å². The first kappa shape index (κ1) is 22.7. The van der Waals surface area contributed by atoms with Crippen LogP contribution in [0.2, 0.25) is 0 Å². The maximum absolute atomic E-state index is 10.8. The monoisotopic (exact) mass is 361 g/mol. The number of carboxylic acid groups (broad SMARTS) is 1. The van der Waals surface area contributed by atoms with Gasteiger partial charge in [-0.05, 0) is 12.5 Å². The van der Waals surface area contributed by atoms with Gasteiger partial charge >= 0.3 is 0 Å². The number of carbonyl (C=O) groups excluding carboxylic acids is 1. The molecular formula is C23H39NO2. The summed E-state index contributed by atoms with van der Waals surface area (Å²) in [6.45, 7) is 2.27. The van der Waals surface area contributed by atoms with Gasteiger partial charge in [-0.15, -0.1) is 0 Å². The van der Waals surface area contributed by atoms with Gasteiger partial charge in [-0.3, -0.25) is 0 Å². The lowest BCUT2D eigenvalue weighted by atomic mass is 10.0. The highest BCUT2D eigenvalue weighted by Gasteiger charge is 2.08. The molecule has 0 aliphatic heterocycles. The van der Waals surface area contributed by atoms with Crippen molar-refractivity contribution in [2.45, 2.75) is 103 Å². The predicted molar refractivity (Wildman–Crippen MR) is 106 cm³/mol. The topological polar surface area (TPSA) is 44.0 Å². The van der Waals surface area contributed by atoms with Gasteiger partial charge in [0.1, 0.15) is 7.05 Å². The second-order valence-electron chi connectivity index (χ2n) is 7.65. The van der Waals surface area contributed by atoms with Gasteiger partial charge in [0.25, 0.3) is 0 Å². The Hall–Kier alpha value is -1.38. The number of rotatable bonds is 16. The molecule has 1 rings (SSSR count). The number of carboxylic acids is 1. The van der Waals surface area contributed by atoms with Crippen LogP contribution in [0.15, 0.2) is 18.3 Å². The highest BCUT2D eigenvalue weighted by Crippen LogP contribution is 2.13. The smallest absolute Gasteiger partial charge is 0.181 e. The number of unbranched alkanes of at least 4 members (excludes halogenated alkanes) is 13. The summed E-state index contributed by atoms with van der Waals surface area (Å²) in [5.41, 5.74) is 1.44. The average Bonchev–Trinajstić information content (AvgIpc) is 2.63. The molecule has 0 saturated heterocycles. The Bertz CT molecular complexity index is 499. The molecular weight excluding hydrogens is 322 g/mol.